The Morgan fingerprint density at radius 3 is 1.56 bits per heavy atom. The van der Waals surface area contributed by atoms with Gasteiger partial charge in [-0.3, -0.25) is 0 Å². The van der Waals surface area contributed by atoms with Crippen molar-refractivity contribution >= 4 is 11.6 Å². The third kappa shape index (κ3) is 13.5. The summed E-state index contributed by atoms with van der Waals surface area (Å²) < 4.78 is 4.92. The molecule has 0 N–H and O–H groups in total. The van der Waals surface area contributed by atoms with E-state index < -0.39 is 0 Å². The number of hydrogen-bond acceptors (Lipinski definition) is 1. The molecule has 0 aromatic heterocycles. The molecule has 1 rings (SSSR count). The lowest BCUT2D eigenvalue weighted by Crippen LogP contribution is -1.84. The van der Waals surface area contributed by atoms with Crippen molar-refractivity contribution in [2.45, 2.75) is 48.1 Å². The van der Waals surface area contributed by atoms with E-state index in [0.29, 0.717) is 6.61 Å². The van der Waals surface area contributed by atoms with Crippen LogP contribution in [-0.2, 0) is 11.3 Å². The molecule has 0 heterocycles. The van der Waals surface area contributed by atoms with E-state index in [1.165, 1.54) is 0 Å². The molecule has 0 spiro atoms. The summed E-state index contributed by atoms with van der Waals surface area (Å²) in [6, 6.07) is 7.61. The Kier molecular flexibility index (Phi) is 26.0. The van der Waals surface area contributed by atoms with Gasteiger partial charge in [0.15, 0.2) is 0 Å². The van der Waals surface area contributed by atoms with Gasteiger partial charge in [-0.2, -0.15) is 0 Å². The zero-order valence-corrected chi connectivity index (χ0v) is 12.6. The first kappa shape index (κ1) is 20.8. The summed E-state index contributed by atoms with van der Waals surface area (Å²) in [5.41, 5.74) is 1.15. The van der Waals surface area contributed by atoms with Gasteiger partial charge in [0.05, 0.1) is 6.61 Å². The van der Waals surface area contributed by atoms with E-state index in [0.717, 1.165) is 10.6 Å². The zero-order valence-electron chi connectivity index (χ0n) is 11.8. The van der Waals surface area contributed by atoms with Gasteiger partial charge in [0.2, 0.25) is 0 Å². The monoisotopic (exact) mass is 246 g/mol. The number of ether oxygens (including phenoxy) is 1. The Morgan fingerprint density at radius 1 is 0.875 bits per heavy atom. The fraction of sp³-hybridized carbons (Fsp3) is 0.571. The summed E-state index contributed by atoms with van der Waals surface area (Å²) >= 11 is 5.67. The summed E-state index contributed by atoms with van der Waals surface area (Å²) in [5, 5.41) is 0.764. The Hall–Kier alpha value is -0.530. The van der Waals surface area contributed by atoms with Crippen LogP contribution in [0.2, 0.25) is 5.02 Å². The van der Waals surface area contributed by atoms with Crippen molar-refractivity contribution in [1.29, 1.82) is 0 Å². The van der Waals surface area contributed by atoms with Crippen LogP contribution in [0.5, 0.6) is 0 Å². The molecule has 16 heavy (non-hydrogen) atoms. The van der Waals surface area contributed by atoms with E-state index in [2.05, 4.69) is 0 Å². The van der Waals surface area contributed by atoms with Gasteiger partial charge in [-0.15, -0.1) is 0 Å². The summed E-state index contributed by atoms with van der Waals surface area (Å²) in [7, 11) is 1.68. The molecule has 2 heteroatoms. The lowest BCUT2D eigenvalue weighted by molar-refractivity contribution is 0.185. The van der Waals surface area contributed by atoms with Gasteiger partial charge >= 0.3 is 0 Å². The Labute approximate surface area is 107 Å². The van der Waals surface area contributed by atoms with Gasteiger partial charge in [-0.25, -0.2) is 0 Å². The van der Waals surface area contributed by atoms with E-state index in [4.69, 9.17) is 16.3 Å². The minimum absolute atomic E-state index is 0.650. The number of rotatable bonds is 2. The number of benzene rings is 1. The van der Waals surface area contributed by atoms with Crippen molar-refractivity contribution in [3.05, 3.63) is 34.9 Å². The molecular formula is C14H27ClO. The average Bonchev–Trinajstić information content (AvgIpc) is 2.40. The predicted octanol–water partition coefficient (Wildman–Crippen LogP) is 5.57. The second kappa shape index (κ2) is 20.0. The van der Waals surface area contributed by atoms with Gasteiger partial charge < -0.3 is 4.74 Å². The molecular weight excluding hydrogens is 220 g/mol. The van der Waals surface area contributed by atoms with Gasteiger partial charge in [0.25, 0.3) is 0 Å². The fourth-order valence-corrected chi connectivity index (χ4v) is 0.873. The SMILES string of the molecule is CC.CC.CC.COCc1ccc(Cl)cc1. The number of methoxy groups -OCH3 is 1. The third-order valence-electron chi connectivity index (χ3n) is 1.22. The van der Waals surface area contributed by atoms with Gasteiger partial charge in [-0.1, -0.05) is 65.3 Å². The molecule has 0 saturated heterocycles. The molecule has 0 saturated carbocycles. The van der Waals surface area contributed by atoms with E-state index in [9.17, 15) is 0 Å². The summed E-state index contributed by atoms with van der Waals surface area (Å²) in [6.45, 7) is 12.6. The third-order valence-corrected chi connectivity index (χ3v) is 1.48. The van der Waals surface area contributed by atoms with Crippen molar-refractivity contribution in [2.75, 3.05) is 7.11 Å². The minimum atomic E-state index is 0.650. The van der Waals surface area contributed by atoms with Crippen LogP contribution in [0.3, 0.4) is 0 Å². The van der Waals surface area contributed by atoms with Gasteiger partial charge in [-0.05, 0) is 17.7 Å². The van der Waals surface area contributed by atoms with Crippen molar-refractivity contribution < 1.29 is 4.74 Å². The Balaban J connectivity index is -0.000000245. The zero-order chi connectivity index (χ0) is 13.4. The van der Waals surface area contributed by atoms with Crippen LogP contribution >= 0.6 is 11.6 Å². The molecule has 0 unspecified atom stereocenters. The predicted molar refractivity (Wildman–Crippen MR) is 76.2 cm³/mol. The van der Waals surface area contributed by atoms with Crippen LogP contribution in [0.25, 0.3) is 0 Å². The molecule has 0 aliphatic rings. The lowest BCUT2D eigenvalue weighted by Gasteiger charge is -1.97. The normalized spacial score (nSPS) is 7.25. The quantitative estimate of drug-likeness (QED) is 0.663. The smallest absolute Gasteiger partial charge is 0.0713 e. The topological polar surface area (TPSA) is 9.23 Å². The summed E-state index contributed by atoms with van der Waals surface area (Å²) in [6.07, 6.45) is 0. The molecule has 0 fully saturated rings. The van der Waals surface area contributed by atoms with Crippen molar-refractivity contribution in [1.82, 2.24) is 0 Å². The van der Waals surface area contributed by atoms with Gasteiger partial charge in [0, 0.05) is 12.1 Å². The Morgan fingerprint density at radius 2 is 1.25 bits per heavy atom. The first-order chi connectivity index (χ1) is 7.83. The molecule has 1 nitrogen and oxygen atoms in total. The molecule has 0 atom stereocenters. The molecule has 0 amide bonds. The average molecular weight is 247 g/mol. The first-order valence-corrected chi connectivity index (χ1v) is 6.44. The largest absolute Gasteiger partial charge is 0.380 e. The molecule has 1 aromatic carbocycles. The highest BCUT2D eigenvalue weighted by Gasteiger charge is 1.89. The van der Waals surface area contributed by atoms with Crippen molar-refractivity contribution in [2.24, 2.45) is 0 Å². The highest BCUT2D eigenvalue weighted by molar-refractivity contribution is 6.30. The summed E-state index contributed by atoms with van der Waals surface area (Å²) in [5.74, 6) is 0. The van der Waals surface area contributed by atoms with Crippen LogP contribution in [0.15, 0.2) is 24.3 Å². The molecule has 0 bridgehead atoms. The van der Waals surface area contributed by atoms with Crippen LogP contribution < -0.4 is 0 Å². The molecule has 0 radical (unpaired) electrons. The van der Waals surface area contributed by atoms with Crippen molar-refractivity contribution in [3.8, 4) is 0 Å². The lowest BCUT2D eigenvalue weighted by atomic mass is 10.2. The first-order valence-electron chi connectivity index (χ1n) is 6.06. The molecule has 0 aliphatic carbocycles. The van der Waals surface area contributed by atoms with Gasteiger partial charge in [0.1, 0.15) is 0 Å². The van der Waals surface area contributed by atoms with E-state index in [-0.39, 0.29) is 0 Å². The minimum Gasteiger partial charge on any atom is -0.380 e. The van der Waals surface area contributed by atoms with E-state index in [1.54, 1.807) is 7.11 Å². The van der Waals surface area contributed by atoms with Crippen molar-refractivity contribution in [3.63, 3.8) is 0 Å². The fourth-order valence-electron chi connectivity index (χ4n) is 0.747. The molecule has 0 aliphatic heterocycles. The highest BCUT2D eigenvalue weighted by atomic mass is 35.5. The second-order valence-corrected chi connectivity index (χ2v) is 2.50. The molecule has 1 aromatic rings. The standard InChI is InChI=1S/C8H9ClO.3C2H6/c1-10-6-7-2-4-8(9)5-3-7;3*1-2/h2-5H,6H2,1H3;3*1-2H3. The van der Waals surface area contributed by atoms with Crippen LogP contribution in [0.1, 0.15) is 47.1 Å². The van der Waals surface area contributed by atoms with Crippen LogP contribution in [0.4, 0.5) is 0 Å². The Bertz CT molecular complexity index is 194. The maximum atomic E-state index is 5.67. The second-order valence-electron chi connectivity index (χ2n) is 2.06. The van der Waals surface area contributed by atoms with E-state index >= 15 is 0 Å². The number of hydrogen-bond donors (Lipinski definition) is 0. The van der Waals surface area contributed by atoms with E-state index in [1.807, 2.05) is 65.8 Å². The molecule has 96 valence electrons. The summed E-state index contributed by atoms with van der Waals surface area (Å²) in [4.78, 5) is 0. The van der Waals surface area contributed by atoms with Crippen LogP contribution in [-0.4, -0.2) is 7.11 Å². The number of halogens is 1. The maximum absolute atomic E-state index is 5.67. The highest BCUT2D eigenvalue weighted by Crippen LogP contribution is 2.09. The van der Waals surface area contributed by atoms with Crippen LogP contribution in [0, 0.1) is 0 Å². The maximum Gasteiger partial charge on any atom is 0.0713 e.